The summed E-state index contributed by atoms with van der Waals surface area (Å²) in [5, 5.41) is 22.0. The van der Waals surface area contributed by atoms with Gasteiger partial charge in [-0.05, 0) is 96.5 Å². The minimum Gasteiger partial charge on any atom is -0.398 e. The van der Waals surface area contributed by atoms with Gasteiger partial charge in [-0.15, -0.1) is 5.56 Å². The molecule has 6 nitrogen and oxygen atoms in total. The van der Waals surface area contributed by atoms with Crippen molar-refractivity contribution < 1.29 is 115 Å². The molecule has 4 fully saturated rings. The predicted octanol–water partition coefficient (Wildman–Crippen LogP) is 11.7. The first kappa shape index (κ1) is 74.9. The minimum atomic E-state index is -2.42. The molecular formula is C59H85F2LiNO5SiW3-3. The van der Waals surface area contributed by atoms with Gasteiger partial charge in [0.1, 0.15) is 13.9 Å². The number of benzene rings is 4. The smallest absolute Gasteiger partial charge is 0.398 e. The molecule has 0 spiro atoms. The van der Waals surface area contributed by atoms with Crippen molar-refractivity contribution >= 4 is 19.8 Å². The van der Waals surface area contributed by atoms with Crippen LogP contribution in [-0.4, -0.2) is 54.7 Å². The van der Waals surface area contributed by atoms with Gasteiger partial charge >= 0.3 is 18.9 Å². The van der Waals surface area contributed by atoms with Gasteiger partial charge in [-0.3, -0.25) is 9.63 Å². The van der Waals surface area contributed by atoms with Gasteiger partial charge in [-0.2, -0.15) is 103 Å². The van der Waals surface area contributed by atoms with Crippen molar-refractivity contribution in [3.05, 3.63) is 150 Å². The topological polar surface area (TPSA) is 87.1 Å². The number of carbonyl (C=O) groups excluding carboxylic acids is 2. The van der Waals surface area contributed by atoms with Gasteiger partial charge in [0.2, 0.25) is 11.5 Å². The van der Waals surface area contributed by atoms with Crippen LogP contribution in [0.25, 0.3) is 0 Å². The number of amides is 1. The maximum atomic E-state index is 12.3. The van der Waals surface area contributed by atoms with Crippen molar-refractivity contribution in [3.8, 4) is 0 Å². The van der Waals surface area contributed by atoms with Crippen LogP contribution in [0.15, 0.2) is 97.1 Å². The van der Waals surface area contributed by atoms with Crippen LogP contribution in [0.3, 0.4) is 0 Å². The largest absolute Gasteiger partial charge is 1.00 e. The van der Waals surface area contributed by atoms with Crippen LogP contribution in [0.1, 0.15) is 150 Å². The van der Waals surface area contributed by atoms with Gasteiger partial charge < -0.3 is 21.9 Å². The van der Waals surface area contributed by atoms with Crippen LogP contribution in [0.5, 0.6) is 0 Å². The van der Waals surface area contributed by atoms with Crippen LogP contribution in [0.4, 0.5) is 8.78 Å². The fraction of sp³-hybridized carbons (Fsp3) is 0.542. The molecule has 4 aromatic carbocycles. The fourth-order valence-electron chi connectivity index (χ4n) is 7.02. The Bertz CT molecular complexity index is 1970. The fourth-order valence-corrected chi connectivity index (χ4v) is 7.02. The average molecular weight is 1510 g/mol. The third-order valence-corrected chi connectivity index (χ3v) is 16.4. The minimum absolute atomic E-state index is 0. The molecule has 396 valence electrons. The molecule has 0 aliphatic heterocycles. The zero-order chi connectivity index (χ0) is 51.0. The van der Waals surface area contributed by atoms with E-state index in [1.54, 1.807) is 32.8 Å². The van der Waals surface area contributed by atoms with Crippen LogP contribution in [-0.2, 0) is 84.0 Å². The Balaban J connectivity index is -0.000000783. The van der Waals surface area contributed by atoms with Crippen molar-refractivity contribution in [2.45, 2.75) is 168 Å². The Morgan fingerprint density at radius 1 is 0.694 bits per heavy atom. The number of hydrogen-bond acceptors (Lipinski definition) is 5. The predicted molar refractivity (Wildman–Crippen MR) is 279 cm³/mol. The summed E-state index contributed by atoms with van der Waals surface area (Å²) < 4.78 is 24.6. The summed E-state index contributed by atoms with van der Waals surface area (Å²) in [5.74, 6) is 1.88. The monoisotopic (exact) mass is 1510 g/mol. The standard InChI is InChI=1S/C13H18O.C12H15O.C11H11O.C7H13NO2.C7H7.C5H12F2Si.C4H9.Li.3W/c1-10-5-3-8-12(9-10)13(2,14)11-6-4-7-11;1-12(13,11-8-5-9-11)10-6-3-2-4-7-10;12-11(10-7-4-8-10)9-5-2-1-3-6-9;1-8(10-2)7(9)6-4-3-5-6;1-7-5-3-2-4-6-7;1-5(6,7)8(2,3)4;1-3-4-2;;;;/h3,5,8-9,11,14H,4,6-7H2,1-2H3;2-3,6-7,11,13H,5,8-9H2,1H3;1-2,5-6,10H,4,7-8H2;6H,3-5H2,1-2H3;2-3,5-6H,1H3;1-4H3;1,3-4H2,2H3;;;;/q;2*-1;;-1;;-1;+1;;;. The van der Waals surface area contributed by atoms with E-state index in [2.05, 4.69) is 64.1 Å². The zero-order valence-corrected chi connectivity index (χ0v) is 55.5. The molecule has 0 radical (unpaired) electrons. The molecule has 4 aliphatic rings. The van der Waals surface area contributed by atoms with Gasteiger partial charge in [-0.25, -0.2) is 13.8 Å². The van der Waals surface area contributed by atoms with Crippen molar-refractivity contribution in [2.24, 2.45) is 23.7 Å². The number of aryl methyl sites for hydroxylation is 2. The molecule has 72 heavy (non-hydrogen) atoms. The number of ketones is 1. The summed E-state index contributed by atoms with van der Waals surface area (Å²) >= 11 is 0. The maximum Gasteiger partial charge on any atom is 1.00 e. The van der Waals surface area contributed by atoms with E-state index in [-0.39, 0.29) is 93.9 Å². The molecule has 0 saturated heterocycles. The van der Waals surface area contributed by atoms with E-state index in [0.717, 1.165) is 68.6 Å². The van der Waals surface area contributed by atoms with E-state index in [9.17, 15) is 28.6 Å². The number of halogens is 2. The number of Topliss-reactive ketones (excluding diaryl/α,β-unsaturated/α-hetero) is 1. The van der Waals surface area contributed by atoms with Crippen LogP contribution in [0.2, 0.25) is 19.6 Å². The van der Waals surface area contributed by atoms with E-state index in [1.165, 1.54) is 68.2 Å². The molecule has 4 aromatic rings. The summed E-state index contributed by atoms with van der Waals surface area (Å²) in [6.07, 6.45) is 16.1. The number of unbranched alkanes of at least 4 members (excludes halogenated alkanes) is 1. The van der Waals surface area contributed by atoms with Gasteiger partial charge in [-0.1, -0.05) is 101 Å². The van der Waals surface area contributed by atoms with Crippen LogP contribution >= 0.6 is 0 Å². The average Bonchev–Trinajstić information content (AvgIpc) is 3.22. The second-order valence-corrected chi connectivity index (χ2v) is 25.6. The number of rotatable bonds is 10. The quantitative estimate of drug-likeness (QED) is 0.0715. The number of alkyl halides is 2. The van der Waals surface area contributed by atoms with Gasteiger partial charge in [0, 0.05) is 87.7 Å². The Morgan fingerprint density at radius 3 is 1.39 bits per heavy atom. The number of hydroxylamine groups is 2. The Labute approximate surface area is 491 Å². The van der Waals surface area contributed by atoms with E-state index >= 15 is 0 Å². The molecule has 2 unspecified atom stereocenters. The summed E-state index contributed by atoms with van der Waals surface area (Å²) in [6.45, 7) is 19.7. The molecular weight excluding hydrogens is 1430 g/mol. The van der Waals surface area contributed by atoms with Gasteiger partial charge in [0.15, 0.2) is 0 Å². The summed E-state index contributed by atoms with van der Waals surface area (Å²) in [4.78, 5) is 27.5. The Morgan fingerprint density at radius 2 is 1.10 bits per heavy atom. The van der Waals surface area contributed by atoms with Crippen molar-refractivity contribution in [3.63, 3.8) is 0 Å². The second kappa shape index (κ2) is 38.2. The van der Waals surface area contributed by atoms with Crippen molar-refractivity contribution in [1.29, 1.82) is 0 Å². The van der Waals surface area contributed by atoms with E-state index in [4.69, 9.17) is 4.84 Å². The Hall–Kier alpha value is -1.36. The number of hydrogen-bond donors (Lipinski definition) is 2. The SMILES string of the molecule is CC(F)(F)[Si](C)(C)C.CC(O)(c1c[c-]ccc1)C1CCC1.CON(C)C(=O)C1CCC1.Cc1c[c-]ccc1.Cc1cccc(C(C)(O)C2CCC2)c1.O=C(c1c[c-]ccc1)C1CCC1.[CH2-]CCC.[Li+].[W].[W].[W]. The number of nitrogens with zero attached hydrogens (tertiary/aromatic N) is 1. The third-order valence-electron chi connectivity index (χ3n) is 13.7. The third kappa shape index (κ3) is 26.6. The molecule has 2 N–H and O–H groups in total. The van der Waals surface area contributed by atoms with Gasteiger partial charge in [0.05, 0.1) is 12.7 Å². The number of aliphatic hydroxyl groups is 2. The van der Waals surface area contributed by atoms with E-state index < -0.39 is 24.8 Å². The second-order valence-electron chi connectivity index (χ2n) is 20.2. The van der Waals surface area contributed by atoms with E-state index in [0.29, 0.717) is 23.5 Å². The molecule has 0 aromatic heterocycles. The zero-order valence-electron chi connectivity index (χ0n) is 45.7. The van der Waals surface area contributed by atoms with Crippen molar-refractivity contribution in [1.82, 2.24) is 5.06 Å². The number of carbonyl (C=O) groups is 2. The molecule has 4 saturated carbocycles. The molecule has 2 atom stereocenters. The van der Waals surface area contributed by atoms with E-state index in [1.807, 2.05) is 86.6 Å². The maximum absolute atomic E-state index is 12.3. The molecule has 8 rings (SSSR count). The summed E-state index contributed by atoms with van der Waals surface area (Å²) in [6, 6.07) is 40.0. The van der Waals surface area contributed by atoms with Gasteiger partial charge in [0.25, 0.3) is 0 Å². The first-order chi connectivity index (χ1) is 32.0. The van der Waals surface area contributed by atoms with Crippen LogP contribution in [0, 0.1) is 62.6 Å². The molecule has 0 bridgehead atoms. The molecule has 13 heteroatoms. The van der Waals surface area contributed by atoms with Crippen LogP contribution < -0.4 is 18.9 Å². The molecule has 1 amide bonds. The molecule has 0 heterocycles. The van der Waals surface area contributed by atoms with Crippen molar-refractivity contribution in [2.75, 3.05) is 14.2 Å². The summed E-state index contributed by atoms with van der Waals surface area (Å²) in [5.41, 5.74) is 1.70. The first-order valence-electron chi connectivity index (χ1n) is 24.9. The summed E-state index contributed by atoms with van der Waals surface area (Å²) in [7, 11) is 0.972. The normalized spacial score (nSPS) is 16.3. The molecule has 4 aliphatic carbocycles. The first-order valence-corrected chi connectivity index (χ1v) is 28.4. The Kier molecular flexibility index (Phi) is 39.8.